The molecule has 1 fully saturated rings. The number of piperidine rings is 1. The summed E-state index contributed by atoms with van der Waals surface area (Å²) in [4.78, 5) is 13.4. The van der Waals surface area contributed by atoms with Crippen LogP contribution in [0, 0.1) is 11.6 Å². The van der Waals surface area contributed by atoms with E-state index in [1.165, 1.54) is 11.0 Å². The average molecular weight is 255 g/mol. The van der Waals surface area contributed by atoms with Crippen LogP contribution in [0.5, 0.6) is 0 Å². The Bertz CT molecular complexity index is 444. The van der Waals surface area contributed by atoms with Gasteiger partial charge >= 0.3 is 0 Å². The standard InChI is InChI=1S/C13H15F2NO2/c1-13(18)5-7-16(8-6-13)12(17)11-9(14)3-2-4-10(11)15/h2-4,18H,5-8H2,1H3. The summed E-state index contributed by atoms with van der Waals surface area (Å²) in [5, 5.41) is 9.77. The molecule has 1 saturated heterocycles. The highest BCUT2D eigenvalue weighted by molar-refractivity contribution is 5.94. The normalized spacial score (nSPS) is 18.8. The zero-order chi connectivity index (χ0) is 13.3. The third kappa shape index (κ3) is 2.51. The molecule has 0 saturated carbocycles. The molecule has 2 rings (SSSR count). The van der Waals surface area contributed by atoms with Crippen molar-refractivity contribution in [2.75, 3.05) is 13.1 Å². The largest absolute Gasteiger partial charge is 0.390 e. The third-order valence-corrected chi connectivity index (χ3v) is 3.30. The summed E-state index contributed by atoms with van der Waals surface area (Å²) in [5.41, 5.74) is -1.32. The Labute approximate surface area is 104 Å². The van der Waals surface area contributed by atoms with Gasteiger partial charge in [0.2, 0.25) is 0 Å². The Balaban J connectivity index is 2.18. The van der Waals surface area contributed by atoms with Gasteiger partial charge in [0.25, 0.3) is 5.91 Å². The van der Waals surface area contributed by atoms with Crippen molar-refractivity contribution in [3.63, 3.8) is 0 Å². The molecule has 98 valence electrons. The van der Waals surface area contributed by atoms with E-state index in [0.717, 1.165) is 12.1 Å². The van der Waals surface area contributed by atoms with Crippen LogP contribution in [0.2, 0.25) is 0 Å². The molecular formula is C13H15F2NO2. The zero-order valence-electron chi connectivity index (χ0n) is 10.1. The van der Waals surface area contributed by atoms with Gasteiger partial charge in [-0.2, -0.15) is 0 Å². The van der Waals surface area contributed by atoms with Crippen molar-refractivity contribution in [2.24, 2.45) is 0 Å². The molecule has 1 aliphatic heterocycles. The highest BCUT2D eigenvalue weighted by Crippen LogP contribution is 2.23. The molecule has 1 aliphatic rings. The number of benzene rings is 1. The summed E-state index contributed by atoms with van der Waals surface area (Å²) < 4.78 is 26.9. The van der Waals surface area contributed by atoms with Gasteiger partial charge < -0.3 is 10.0 Å². The van der Waals surface area contributed by atoms with Gasteiger partial charge in [-0.05, 0) is 31.9 Å². The molecule has 5 heteroatoms. The number of likely N-dealkylation sites (tertiary alicyclic amines) is 1. The maximum atomic E-state index is 13.5. The Morgan fingerprint density at radius 3 is 2.28 bits per heavy atom. The van der Waals surface area contributed by atoms with Crippen molar-refractivity contribution >= 4 is 5.91 Å². The summed E-state index contributed by atoms with van der Waals surface area (Å²) in [6.45, 7) is 2.30. The van der Waals surface area contributed by atoms with E-state index in [-0.39, 0.29) is 0 Å². The summed E-state index contributed by atoms with van der Waals surface area (Å²) >= 11 is 0. The molecule has 0 unspecified atom stereocenters. The number of aliphatic hydroxyl groups is 1. The summed E-state index contributed by atoms with van der Waals surface area (Å²) in [6.07, 6.45) is 0.823. The summed E-state index contributed by atoms with van der Waals surface area (Å²) in [6, 6.07) is 3.36. The predicted molar refractivity (Wildman–Crippen MR) is 62.1 cm³/mol. The molecule has 0 spiro atoms. The van der Waals surface area contributed by atoms with Gasteiger partial charge in [-0.3, -0.25) is 4.79 Å². The quantitative estimate of drug-likeness (QED) is 0.833. The number of rotatable bonds is 1. The number of hydrogen-bond acceptors (Lipinski definition) is 2. The predicted octanol–water partition coefficient (Wildman–Crippen LogP) is 1.95. The lowest BCUT2D eigenvalue weighted by molar-refractivity contribution is -0.00225. The lowest BCUT2D eigenvalue weighted by atomic mass is 9.93. The zero-order valence-corrected chi connectivity index (χ0v) is 10.1. The fourth-order valence-corrected chi connectivity index (χ4v) is 2.05. The average Bonchev–Trinajstić information content (AvgIpc) is 2.28. The fourth-order valence-electron chi connectivity index (χ4n) is 2.05. The summed E-state index contributed by atoms with van der Waals surface area (Å²) in [5.74, 6) is -2.35. The molecule has 0 aromatic heterocycles. The SMILES string of the molecule is CC1(O)CCN(C(=O)c2c(F)cccc2F)CC1. The molecule has 1 heterocycles. The van der Waals surface area contributed by atoms with E-state index in [9.17, 15) is 18.7 Å². The van der Waals surface area contributed by atoms with Crippen LogP contribution < -0.4 is 0 Å². The number of nitrogens with zero attached hydrogens (tertiary/aromatic N) is 1. The van der Waals surface area contributed by atoms with Crippen LogP contribution in [0.25, 0.3) is 0 Å². The van der Waals surface area contributed by atoms with Gasteiger partial charge in [-0.1, -0.05) is 6.07 Å². The summed E-state index contributed by atoms with van der Waals surface area (Å²) in [7, 11) is 0. The molecule has 3 nitrogen and oxygen atoms in total. The Kier molecular flexibility index (Phi) is 3.34. The number of carbonyl (C=O) groups excluding carboxylic acids is 1. The first-order valence-electron chi connectivity index (χ1n) is 5.86. The highest BCUT2D eigenvalue weighted by atomic mass is 19.1. The van der Waals surface area contributed by atoms with Gasteiger partial charge in [-0.25, -0.2) is 8.78 Å². The molecule has 1 N–H and O–H groups in total. The van der Waals surface area contributed by atoms with Gasteiger partial charge in [0.15, 0.2) is 0 Å². The van der Waals surface area contributed by atoms with Crippen LogP contribution in [0.3, 0.4) is 0 Å². The van der Waals surface area contributed by atoms with Gasteiger partial charge in [0, 0.05) is 13.1 Å². The van der Waals surface area contributed by atoms with Crippen LogP contribution in [0.4, 0.5) is 8.78 Å². The van der Waals surface area contributed by atoms with E-state index in [1.807, 2.05) is 0 Å². The van der Waals surface area contributed by atoms with E-state index >= 15 is 0 Å². The first-order chi connectivity index (χ1) is 8.41. The number of hydrogen-bond donors (Lipinski definition) is 1. The Morgan fingerprint density at radius 1 is 1.28 bits per heavy atom. The molecule has 0 bridgehead atoms. The van der Waals surface area contributed by atoms with Crippen molar-refractivity contribution in [3.05, 3.63) is 35.4 Å². The Morgan fingerprint density at radius 2 is 1.78 bits per heavy atom. The van der Waals surface area contributed by atoms with E-state index in [4.69, 9.17) is 0 Å². The number of halogens is 2. The minimum absolute atomic E-state index is 0.305. The third-order valence-electron chi connectivity index (χ3n) is 3.30. The van der Waals surface area contributed by atoms with Crippen molar-refractivity contribution < 1.29 is 18.7 Å². The first-order valence-corrected chi connectivity index (χ1v) is 5.86. The molecule has 1 aromatic rings. The second-order valence-corrected chi connectivity index (χ2v) is 4.89. The van der Waals surface area contributed by atoms with Crippen molar-refractivity contribution in [1.82, 2.24) is 4.90 Å². The maximum absolute atomic E-state index is 13.5. The molecule has 0 aliphatic carbocycles. The highest BCUT2D eigenvalue weighted by Gasteiger charge is 2.31. The molecule has 1 aromatic carbocycles. The second-order valence-electron chi connectivity index (χ2n) is 4.89. The van der Waals surface area contributed by atoms with Gasteiger partial charge in [0.1, 0.15) is 17.2 Å². The minimum atomic E-state index is -0.850. The van der Waals surface area contributed by atoms with E-state index in [1.54, 1.807) is 6.92 Å². The Hall–Kier alpha value is -1.49. The molecule has 0 radical (unpaired) electrons. The van der Waals surface area contributed by atoms with Crippen molar-refractivity contribution in [3.8, 4) is 0 Å². The minimum Gasteiger partial charge on any atom is -0.390 e. The molecule has 1 amide bonds. The van der Waals surface area contributed by atoms with Crippen LogP contribution in [0.1, 0.15) is 30.1 Å². The lowest BCUT2D eigenvalue weighted by Gasteiger charge is -2.35. The maximum Gasteiger partial charge on any atom is 0.259 e. The number of carbonyl (C=O) groups is 1. The molecule has 0 atom stereocenters. The topological polar surface area (TPSA) is 40.5 Å². The van der Waals surface area contributed by atoms with Crippen molar-refractivity contribution in [2.45, 2.75) is 25.4 Å². The molecule has 18 heavy (non-hydrogen) atoms. The van der Waals surface area contributed by atoms with Crippen LogP contribution in [-0.2, 0) is 0 Å². The van der Waals surface area contributed by atoms with E-state index in [2.05, 4.69) is 0 Å². The second kappa shape index (κ2) is 4.65. The van der Waals surface area contributed by atoms with Gasteiger partial charge in [-0.15, -0.1) is 0 Å². The number of amides is 1. The smallest absolute Gasteiger partial charge is 0.259 e. The van der Waals surface area contributed by atoms with E-state index < -0.39 is 28.7 Å². The van der Waals surface area contributed by atoms with Gasteiger partial charge in [0.05, 0.1) is 5.60 Å². The van der Waals surface area contributed by atoms with E-state index in [0.29, 0.717) is 25.9 Å². The fraction of sp³-hybridized carbons (Fsp3) is 0.462. The van der Waals surface area contributed by atoms with Crippen LogP contribution in [-0.4, -0.2) is 34.6 Å². The first kappa shape index (κ1) is 13.0. The van der Waals surface area contributed by atoms with Crippen LogP contribution >= 0.6 is 0 Å². The lowest BCUT2D eigenvalue weighted by Crippen LogP contribution is -2.45. The van der Waals surface area contributed by atoms with Crippen LogP contribution in [0.15, 0.2) is 18.2 Å². The molecular weight excluding hydrogens is 240 g/mol. The monoisotopic (exact) mass is 255 g/mol. The van der Waals surface area contributed by atoms with Crippen molar-refractivity contribution in [1.29, 1.82) is 0 Å².